The van der Waals surface area contributed by atoms with E-state index in [1.807, 2.05) is 36.4 Å². The van der Waals surface area contributed by atoms with Gasteiger partial charge in [0.05, 0.1) is 10.5 Å². The first-order chi connectivity index (χ1) is 14.1. The van der Waals surface area contributed by atoms with Gasteiger partial charge in [-0.3, -0.25) is 19.8 Å². The van der Waals surface area contributed by atoms with Crippen LogP contribution in [0.2, 0.25) is 0 Å². The van der Waals surface area contributed by atoms with Crippen LogP contribution in [0, 0.1) is 16.0 Å². The Kier molecular flexibility index (Phi) is 5.57. The molecule has 0 aliphatic carbocycles. The maximum atomic E-state index is 12.6. The Morgan fingerprint density at radius 2 is 1.86 bits per heavy atom. The number of amides is 1. The van der Waals surface area contributed by atoms with Crippen LogP contribution in [0.4, 0.5) is 5.69 Å². The largest absolute Gasteiger partial charge is 0.360 e. The molecule has 4 rings (SSSR count). The van der Waals surface area contributed by atoms with Gasteiger partial charge < -0.3 is 10.3 Å². The SMILES string of the molecule is O=C(NCC1CCN(Cc2ccc([N+](=O)[O-])cc2)CC1)c1c[nH]c2ccccc12. The number of carbonyl (C=O) groups is 1. The van der Waals surface area contributed by atoms with E-state index in [1.54, 1.807) is 18.3 Å². The molecule has 0 unspecified atom stereocenters. The van der Waals surface area contributed by atoms with E-state index in [4.69, 9.17) is 0 Å². The highest BCUT2D eigenvalue weighted by Gasteiger charge is 2.21. The Morgan fingerprint density at radius 1 is 1.14 bits per heavy atom. The lowest BCUT2D eigenvalue weighted by Crippen LogP contribution is -2.38. The molecule has 0 saturated carbocycles. The summed E-state index contributed by atoms with van der Waals surface area (Å²) in [6, 6.07) is 14.6. The number of nitro benzene ring substituents is 1. The van der Waals surface area contributed by atoms with Crippen molar-refractivity contribution in [1.82, 2.24) is 15.2 Å². The highest BCUT2D eigenvalue weighted by atomic mass is 16.6. The second kappa shape index (κ2) is 8.45. The number of aromatic nitrogens is 1. The molecule has 1 aliphatic rings. The van der Waals surface area contributed by atoms with Crippen LogP contribution in [0.5, 0.6) is 0 Å². The van der Waals surface area contributed by atoms with Crippen molar-refractivity contribution >= 4 is 22.5 Å². The zero-order chi connectivity index (χ0) is 20.2. The Morgan fingerprint density at radius 3 is 2.59 bits per heavy atom. The first-order valence-corrected chi connectivity index (χ1v) is 9.90. The smallest absolute Gasteiger partial charge is 0.269 e. The molecule has 29 heavy (non-hydrogen) atoms. The van der Waals surface area contributed by atoms with Crippen molar-refractivity contribution in [3.05, 3.63) is 76.0 Å². The number of likely N-dealkylation sites (tertiary alicyclic amines) is 1. The van der Waals surface area contributed by atoms with Gasteiger partial charge in [0, 0.05) is 42.3 Å². The topological polar surface area (TPSA) is 91.3 Å². The standard InChI is InChI=1S/C22H24N4O3/c27-22(20-14-23-21-4-2-1-3-19(20)21)24-13-16-9-11-25(12-10-16)15-17-5-7-18(8-6-17)26(28)29/h1-8,14,16,23H,9-13,15H2,(H,24,27). The molecule has 0 bridgehead atoms. The van der Waals surface area contributed by atoms with Gasteiger partial charge in [0.2, 0.25) is 0 Å². The van der Waals surface area contributed by atoms with Crippen LogP contribution < -0.4 is 5.32 Å². The van der Waals surface area contributed by atoms with Crippen LogP contribution in [0.3, 0.4) is 0 Å². The molecule has 7 heteroatoms. The number of piperidine rings is 1. The molecule has 1 aliphatic heterocycles. The van der Waals surface area contributed by atoms with Crippen LogP contribution in [0.15, 0.2) is 54.7 Å². The molecular weight excluding hydrogens is 368 g/mol. The molecule has 0 atom stereocenters. The number of carbonyl (C=O) groups excluding carboxylic acids is 1. The third-order valence-corrected chi connectivity index (χ3v) is 5.65. The molecule has 2 heterocycles. The fraction of sp³-hybridized carbons (Fsp3) is 0.318. The van der Waals surface area contributed by atoms with Gasteiger partial charge in [-0.15, -0.1) is 0 Å². The number of para-hydroxylation sites is 1. The van der Waals surface area contributed by atoms with Crippen molar-refractivity contribution in [1.29, 1.82) is 0 Å². The number of hydrogen-bond acceptors (Lipinski definition) is 4. The van der Waals surface area contributed by atoms with E-state index in [2.05, 4.69) is 15.2 Å². The second-order valence-electron chi connectivity index (χ2n) is 7.60. The Labute approximate surface area is 168 Å². The lowest BCUT2D eigenvalue weighted by Gasteiger charge is -2.32. The quantitative estimate of drug-likeness (QED) is 0.494. The number of nitro groups is 1. The molecule has 3 aromatic rings. The van der Waals surface area contributed by atoms with Crippen molar-refractivity contribution in [2.24, 2.45) is 5.92 Å². The van der Waals surface area contributed by atoms with Crippen LogP contribution >= 0.6 is 0 Å². The van der Waals surface area contributed by atoms with Crippen LogP contribution in [0.1, 0.15) is 28.8 Å². The summed E-state index contributed by atoms with van der Waals surface area (Å²) in [4.78, 5) is 28.4. The summed E-state index contributed by atoms with van der Waals surface area (Å²) in [6.45, 7) is 3.41. The predicted molar refractivity (Wildman–Crippen MR) is 112 cm³/mol. The number of H-pyrrole nitrogens is 1. The molecule has 0 spiro atoms. The average Bonchev–Trinajstić information content (AvgIpc) is 3.18. The number of nitrogens with zero attached hydrogens (tertiary/aromatic N) is 2. The first-order valence-electron chi connectivity index (χ1n) is 9.90. The van der Waals surface area contributed by atoms with E-state index in [0.717, 1.165) is 48.9 Å². The van der Waals surface area contributed by atoms with Gasteiger partial charge in [-0.25, -0.2) is 0 Å². The number of hydrogen-bond donors (Lipinski definition) is 2. The molecule has 150 valence electrons. The maximum Gasteiger partial charge on any atom is 0.269 e. The summed E-state index contributed by atoms with van der Waals surface area (Å²) in [5.74, 6) is 0.438. The summed E-state index contributed by atoms with van der Waals surface area (Å²) < 4.78 is 0. The van der Waals surface area contributed by atoms with Crippen molar-refractivity contribution in [3.8, 4) is 0 Å². The monoisotopic (exact) mass is 392 g/mol. The van der Waals surface area contributed by atoms with Gasteiger partial charge in [-0.1, -0.05) is 30.3 Å². The van der Waals surface area contributed by atoms with Gasteiger partial charge >= 0.3 is 0 Å². The van der Waals surface area contributed by atoms with E-state index in [1.165, 1.54) is 0 Å². The van der Waals surface area contributed by atoms with Gasteiger partial charge in [-0.2, -0.15) is 0 Å². The van der Waals surface area contributed by atoms with Gasteiger partial charge in [0.25, 0.3) is 11.6 Å². The molecule has 2 aromatic carbocycles. The fourth-order valence-electron chi connectivity index (χ4n) is 3.92. The number of non-ortho nitro benzene ring substituents is 1. The van der Waals surface area contributed by atoms with Crippen LogP contribution in [-0.2, 0) is 6.54 Å². The average molecular weight is 392 g/mol. The van der Waals surface area contributed by atoms with Crippen LogP contribution in [-0.4, -0.2) is 40.3 Å². The highest BCUT2D eigenvalue weighted by molar-refractivity contribution is 6.06. The van der Waals surface area contributed by atoms with Crippen molar-refractivity contribution < 1.29 is 9.72 Å². The number of rotatable bonds is 6. The highest BCUT2D eigenvalue weighted by Crippen LogP contribution is 2.21. The molecule has 1 aromatic heterocycles. The Balaban J connectivity index is 1.24. The maximum absolute atomic E-state index is 12.6. The summed E-state index contributed by atoms with van der Waals surface area (Å²) in [5.41, 5.74) is 2.87. The first kappa shape index (κ1) is 19.1. The zero-order valence-corrected chi connectivity index (χ0v) is 16.1. The lowest BCUT2D eigenvalue weighted by molar-refractivity contribution is -0.384. The van der Waals surface area contributed by atoms with Gasteiger partial charge in [0.1, 0.15) is 0 Å². The van der Waals surface area contributed by atoms with E-state index in [-0.39, 0.29) is 16.5 Å². The number of benzene rings is 2. The Hall–Kier alpha value is -3.19. The summed E-state index contributed by atoms with van der Waals surface area (Å²) >= 11 is 0. The lowest BCUT2D eigenvalue weighted by atomic mass is 9.96. The third kappa shape index (κ3) is 4.46. The van der Waals surface area contributed by atoms with Gasteiger partial charge in [0.15, 0.2) is 0 Å². The summed E-state index contributed by atoms with van der Waals surface area (Å²) in [6.07, 6.45) is 3.83. The number of fused-ring (bicyclic) bond motifs is 1. The molecule has 1 amide bonds. The minimum absolute atomic E-state index is 0.0317. The zero-order valence-electron chi connectivity index (χ0n) is 16.1. The summed E-state index contributed by atoms with van der Waals surface area (Å²) in [7, 11) is 0. The van der Waals surface area contributed by atoms with E-state index in [9.17, 15) is 14.9 Å². The minimum atomic E-state index is -0.375. The Bertz CT molecular complexity index is 1000. The summed E-state index contributed by atoms with van der Waals surface area (Å²) in [5, 5.41) is 14.8. The molecular formula is C22H24N4O3. The molecule has 1 saturated heterocycles. The van der Waals surface area contributed by atoms with Crippen molar-refractivity contribution in [3.63, 3.8) is 0 Å². The second-order valence-corrected chi connectivity index (χ2v) is 7.60. The predicted octanol–water partition coefficient (Wildman–Crippen LogP) is 3.72. The van der Waals surface area contributed by atoms with Gasteiger partial charge in [-0.05, 0) is 43.5 Å². The van der Waals surface area contributed by atoms with Crippen molar-refractivity contribution in [2.45, 2.75) is 19.4 Å². The minimum Gasteiger partial charge on any atom is -0.360 e. The van der Waals surface area contributed by atoms with E-state index >= 15 is 0 Å². The fourth-order valence-corrected chi connectivity index (χ4v) is 3.92. The molecule has 0 radical (unpaired) electrons. The molecule has 7 nitrogen and oxygen atoms in total. The van der Waals surface area contributed by atoms with E-state index in [0.29, 0.717) is 18.0 Å². The number of nitrogens with one attached hydrogen (secondary N) is 2. The van der Waals surface area contributed by atoms with E-state index < -0.39 is 0 Å². The van der Waals surface area contributed by atoms with Crippen LogP contribution in [0.25, 0.3) is 10.9 Å². The number of aromatic amines is 1. The third-order valence-electron chi connectivity index (χ3n) is 5.65. The molecule has 1 fully saturated rings. The van der Waals surface area contributed by atoms with Crippen molar-refractivity contribution in [2.75, 3.05) is 19.6 Å². The normalized spacial score (nSPS) is 15.4. The molecule has 2 N–H and O–H groups in total.